The van der Waals surface area contributed by atoms with Crippen LogP contribution < -0.4 is 5.32 Å². The number of benzene rings is 2. The second-order valence-electron chi connectivity index (χ2n) is 5.04. The Hall–Kier alpha value is -2.00. The Morgan fingerprint density at radius 3 is 2.86 bits per heavy atom. The summed E-state index contributed by atoms with van der Waals surface area (Å²) < 4.78 is 0. The van der Waals surface area contributed by atoms with E-state index in [0.717, 1.165) is 6.54 Å². The minimum atomic E-state index is 0.830. The number of nitrogens with one attached hydrogen (secondary N) is 1. The molecule has 0 aliphatic rings. The normalized spacial score (nSPS) is 10.8. The number of fused-ring (bicyclic) bond motifs is 1. The number of nitrogens with zero attached hydrogens (tertiary/aromatic N) is 1. The highest BCUT2D eigenvalue weighted by molar-refractivity contribution is 7.98. The van der Waals surface area contributed by atoms with Gasteiger partial charge in [-0.15, -0.1) is 11.8 Å². The molecule has 3 heteroatoms. The summed E-state index contributed by atoms with van der Waals surface area (Å²) in [5.74, 6) is 0. The van der Waals surface area contributed by atoms with Crippen LogP contribution in [0.5, 0.6) is 0 Å². The maximum absolute atomic E-state index is 4.15. The van der Waals surface area contributed by atoms with E-state index >= 15 is 0 Å². The van der Waals surface area contributed by atoms with Gasteiger partial charge in [-0.05, 0) is 54.0 Å². The average Bonchev–Trinajstić information content (AvgIpc) is 2.54. The van der Waals surface area contributed by atoms with Crippen LogP contribution in [-0.4, -0.2) is 11.2 Å². The monoisotopic (exact) mass is 294 g/mol. The molecule has 0 bridgehead atoms. The third-order valence-corrected chi connectivity index (χ3v) is 4.57. The van der Waals surface area contributed by atoms with Gasteiger partial charge in [0, 0.05) is 34.9 Å². The Morgan fingerprint density at radius 2 is 2.00 bits per heavy atom. The van der Waals surface area contributed by atoms with E-state index in [9.17, 15) is 0 Å². The quantitative estimate of drug-likeness (QED) is 0.694. The average molecular weight is 294 g/mol. The molecule has 0 unspecified atom stereocenters. The van der Waals surface area contributed by atoms with Gasteiger partial charge in [-0.1, -0.05) is 18.2 Å². The molecule has 3 aromatic rings. The van der Waals surface area contributed by atoms with Crippen LogP contribution in [0, 0.1) is 6.92 Å². The highest BCUT2D eigenvalue weighted by Gasteiger charge is 2.03. The minimum Gasteiger partial charge on any atom is -0.381 e. The van der Waals surface area contributed by atoms with E-state index in [1.165, 1.54) is 32.5 Å². The summed E-state index contributed by atoms with van der Waals surface area (Å²) in [6, 6.07) is 15.0. The molecule has 3 rings (SSSR count). The number of thioether (sulfide) groups is 1. The molecular weight excluding hydrogens is 276 g/mol. The van der Waals surface area contributed by atoms with Gasteiger partial charge in [0.1, 0.15) is 0 Å². The largest absolute Gasteiger partial charge is 0.381 e. The van der Waals surface area contributed by atoms with Gasteiger partial charge in [-0.2, -0.15) is 0 Å². The zero-order valence-corrected chi connectivity index (χ0v) is 13.1. The summed E-state index contributed by atoms with van der Waals surface area (Å²) in [5, 5.41) is 5.96. The second-order valence-corrected chi connectivity index (χ2v) is 5.89. The van der Waals surface area contributed by atoms with E-state index < -0.39 is 0 Å². The van der Waals surface area contributed by atoms with Crippen LogP contribution in [0.1, 0.15) is 11.1 Å². The lowest BCUT2D eigenvalue weighted by Gasteiger charge is -2.12. The van der Waals surface area contributed by atoms with Crippen LogP contribution in [0.2, 0.25) is 0 Å². The Morgan fingerprint density at radius 1 is 1.10 bits per heavy atom. The smallest absolute Gasteiger partial charge is 0.0401 e. The van der Waals surface area contributed by atoms with Crippen LogP contribution in [0.3, 0.4) is 0 Å². The first-order chi connectivity index (χ1) is 10.3. The van der Waals surface area contributed by atoms with Crippen molar-refractivity contribution in [2.24, 2.45) is 0 Å². The molecule has 1 N–H and O–H groups in total. The van der Waals surface area contributed by atoms with Gasteiger partial charge in [0.05, 0.1) is 0 Å². The van der Waals surface area contributed by atoms with E-state index in [4.69, 9.17) is 0 Å². The van der Waals surface area contributed by atoms with E-state index in [1.807, 2.05) is 12.4 Å². The van der Waals surface area contributed by atoms with E-state index in [-0.39, 0.29) is 0 Å². The lowest BCUT2D eigenvalue weighted by atomic mass is 10.1. The molecule has 21 heavy (non-hydrogen) atoms. The van der Waals surface area contributed by atoms with Crippen molar-refractivity contribution in [1.29, 1.82) is 0 Å². The molecule has 1 heterocycles. The third kappa shape index (κ3) is 3.03. The number of pyridine rings is 1. The van der Waals surface area contributed by atoms with Crippen LogP contribution >= 0.6 is 11.8 Å². The van der Waals surface area contributed by atoms with Crippen LogP contribution in [-0.2, 0) is 6.54 Å². The summed E-state index contributed by atoms with van der Waals surface area (Å²) in [6.45, 7) is 3.00. The fraction of sp³-hybridized carbons (Fsp3) is 0.167. The molecule has 1 aromatic heterocycles. The molecule has 0 amide bonds. The van der Waals surface area contributed by atoms with Gasteiger partial charge in [0.15, 0.2) is 0 Å². The molecule has 2 nitrogen and oxygen atoms in total. The van der Waals surface area contributed by atoms with Gasteiger partial charge >= 0.3 is 0 Å². The predicted octanol–water partition coefficient (Wildman–Crippen LogP) is 4.88. The second kappa shape index (κ2) is 6.19. The minimum absolute atomic E-state index is 0.830. The van der Waals surface area contributed by atoms with Crippen molar-refractivity contribution in [3.8, 4) is 0 Å². The first-order valence-electron chi connectivity index (χ1n) is 6.98. The number of anilines is 1. The standard InChI is InChI=1S/C18H18N2S/c1-13-17(4-3-5-18(13)21-2)20-11-14-6-7-16-12-19-9-8-15(16)10-14/h3-10,12,20H,11H2,1-2H3. The van der Waals surface area contributed by atoms with E-state index in [2.05, 4.69) is 65.9 Å². The first kappa shape index (κ1) is 14.0. The molecular formula is C18H18N2S. The summed E-state index contributed by atoms with van der Waals surface area (Å²) in [4.78, 5) is 5.47. The van der Waals surface area contributed by atoms with Gasteiger partial charge in [0.25, 0.3) is 0 Å². The fourth-order valence-electron chi connectivity index (χ4n) is 2.47. The summed E-state index contributed by atoms with van der Waals surface area (Å²) >= 11 is 1.79. The van der Waals surface area contributed by atoms with Crippen molar-refractivity contribution in [2.45, 2.75) is 18.4 Å². The van der Waals surface area contributed by atoms with Crippen molar-refractivity contribution < 1.29 is 0 Å². The Kier molecular flexibility index (Phi) is 4.11. The van der Waals surface area contributed by atoms with Crippen molar-refractivity contribution in [2.75, 3.05) is 11.6 Å². The lowest BCUT2D eigenvalue weighted by Crippen LogP contribution is -2.01. The number of rotatable bonds is 4. The highest BCUT2D eigenvalue weighted by atomic mass is 32.2. The van der Waals surface area contributed by atoms with Gasteiger partial charge < -0.3 is 5.32 Å². The number of hydrogen-bond acceptors (Lipinski definition) is 3. The van der Waals surface area contributed by atoms with Gasteiger partial charge in [0.2, 0.25) is 0 Å². The first-order valence-corrected chi connectivity index (χ1v) is 8.20. The third-order valence-electron chi connectivity index (χ3n) is 3.69. The maximum Gasteiger partial charge on any atom is 0.0401 e. The zero-order chi connectivity index (χ0) is 14.7. The maximum atomic E-state index is 4.15. The topological polar surface area (TPSA) is 24.9 Å². The molecule has 106 valence electrons. The van der Waals surface area contributed by atoms with Crippen molar-refractivity contribution in [3.05, 3.63) is 66.0 Å². The molecule has 0 aliphatic heterocycles. The highest BCUT2D eigenvalue weighted by Crippen LogP contribution is 2.26. The molecule has 0 spiro atoms. The number of hydrogen-bond donors (Lipinski definition) is 1. The van der Waals surface area contributed by atoms with E-state index in [0.29, 0.717) is 0 Å². The molecule has 0 saturated heterocycles. The van der Waals surface area contributed by atoms with Crippen molar-refractivity contribution >= 4 is 28.2 Å². The van der Waals surface area contributed by atoms with Crippen molar-refractivity contribution in [3.63, 3.8) is 0 Å². The van der Waals surface area contributed by atoms with Crippen LogP contribution in [0.15, 0.2) is 59.8 Å². The SMILES string of the molecule is CSc1cccc(NCc2ccc3cnccc3c2)c1C. The Labute approximate surface area is 129 Å². The van der Waals surface area contributed by atoms with Crippen molar-refractivity contribution in [1.82, 2.24) is 4.98 Å². The lowest BCUT2D eigenvalue weighted by molar-refractivity contribution is 1.13. The molecule has 0 fully saturated rings. The summed E-state index contributed by atoms with van der Waals surface area (Å²) in [6.07, 6.45) is 5.85. The molecule has 0 saturated carbocycles. The molecule has 2 aromatic carbocycles. The van der Waals surface area contributed by atoms with Gasteiger partial charge in [-0.25, -0.2) is 0 Å². The molecule has 0 atom stereocenters. The Balaban J connectivity index is 1.80. The molecule has 0 aliphatic carbocycles. The van der Waals surface area contributed by atoms with Gasteiger partial charge in [-0.3, -0.25) is 4.98 Å². The van der Waals surface area contributed by atoms with Crippen LogP contribution in [0.4, 0.5) is 5.69 Å². The summed E-state index contributed by atoms with van der Waals surface area (Å²) in [7, 11) is 0. The summed E-state index contributed by atoms with van der Waals surface area (Å²) in [5.41, 5.74) is 3.80. The van der Waals surface area contributed by atoms with E-state index in [1.54, 1.807) is 11.8 Å². The molecule has 0 radical (unpaired) electrons. The van der Waals surface area contributed by atoms with Crippen LogP contribution in [0.25, 0.3) is 10.8 Å². The Bertz CT molecular complexity index is 768. The number of aromatic nitrogens is 1. The fourth-order valence-corrected chi connectivity index (χ4v) is 3.10. The zero-order valence-electron chi connectivity index (χ0n) is 12.3. The predicted molar refractivity (Wildman–Crippen MR) is 92.0 cm³/mol.